The number of hydrazine groups is 1. The van der Waals surface area contributed by atoms with Gasteiger partial charge in [0.1, 0.15) is 5.75 Å². The number of nitrogens with one attached hydrogen (secondary N) is 2. The van der Waals surface area contributed by atoms with E-state index in [4.69, 9.17) is 4.74 Å². The quantitative estimate of drug-likeness (QED) is 0.511. The Balaban J connectivity index is 1.79. The van der Waals surface area contributed by atoms with E-state index in [-0.39, 0.29) is 12.0 Å². The molecule has 2 N–H and O–H groups in total. The molecule has 2 amide bonds. The number of ether oxygens (including phenoxy) is 1. The molecular formula is C24H23BrN2O3. The van der Waals surface area contributed by atoms with E-state index in [2.05, 4.69) is 26.8 Å². The third-order valence-corrected chi connectivity index (χ3v) is 4.87. The molecule has 0 radical (unpaired) electrons. The van der Waals surface area contributed by atoms with Crippen LogP contribution in [0.2, 0.25) is 0 Å². The SMILES string of the molecule is CC(C)Oc1ccc(Br)cc1C(=O)NNC(=O)C(c1ccccc1)c1ccccc1. The van der Waals surface area contributed by atoms with Crippen LogP contribution < -0.4 is 15.6 Å². The molecule has 0 aromatic heterocycles. The maximum absolute atomic E-state index is 13.0. The summed E-state index contributed by atoms with van der Waals surface area (Å²) in [6.45, 7) is 3.77. The molecule has 0 heterocycles. The molecule has 0 atom stereocenters. The van der Waals surface area contributed by atoms with E-state index in [1.807, 2.05) is 74.5 Å². The van der Waals surface area contributed by atoms with Gasteiger partial charge in [0.25, 0.3) is 5.91 Å². The average molecular weight is 467 g/mol. The highest BCUT2D eigenvalue weighted by molar-refractivity contribution is 9.10. The molecule has 5 nitrogen and oxygen atoms in total. The summed E-state index contributed by atoms with van der Waals surface area (Å²) < 4.78 is 6.46. The monoisotopic (exact) mass is 466 g/mol. The van der Waals surface area contributed by atoms with Crippen molar-refractivity contribution in [2.75, 3.05) is 0 Å². The molecule has 0 spiro atoms. The van der Waals surface area contributed by atoms with Gasteiger partial charge < -0.3 is 4.74 Å². The van der Waals surface area contributed by atoms with E-state index in [0.29, 0.717) is 11.3 Å². The maximum Gasteiger partial charge on any atom is 0.273 e. The van der Waals surface area contributed by atoms with Gasteiger partial charge in [-0.1, -0.05) is 76.6 Å². The Hall–Kier alpha value is -3.12. The van der Waals surface area contributed by atoms with E-state index in [1.54, 1.807) is 18.2 Å². The fourth-order valence-electron chi connectivity index (χ4n) is 3.08. The zero-order valence-corrected chi connectivity index (χ0v) is 18.3. The Morgan fingerprint density at radius 3 is 1.93 bits per heavy atom. The van der Waals surface area contributed by atoms with Gasteiger partial charge in [0.2, 0.25) is 5.91 Å². The van der Waals surface area contributed by atoms with Gasteiger partial charge in [-0.25, -0.2) is 0 Å². The molecule has 0 unspecified atom stereocenters. The molecule has 6 heteroatoms. The predicted molar refractivity (Wildman–Crippen MR) is 120 cm³/mol. The molecule has 0 saturated carbocycles. The highest BCUT2D eigenvalue weighted by atomic mass is 79.9. The van der Waals surface area contributed by atoms with Crippen molar-refractivity contribution in [3.63, 3.8) is 0 Å². The second-order valence-electron chi connectivity index (χ2n) is 7.00. The second-order valence-corrected chi connectivity index (χ2v) is 7.92. The number of rotatable bonds is 6. The van der Waals surface area contributed by atoms with Crippen molar-refractivity contribution in [3.05, 3.63) is 100 Å². The molecule has 0 aliphatic carbocycles. The molecule has 3 rings (SSSR count). The fraction of sp³-hybridized carbons (Fsp3) is 0.167. The third-order valence-electron chi connectivity index (χ3n) is 4.38. The topological polar surface area (TPSA) is 67.4 Å². The lowest BCUT2D eigenvalue weighted by Crippen LogP contribution is -2.44. The van der Waals surface area contributed by atoms with E-state index in [9.17, 15) is 9.59 Å². The van der Waals surface area contributed by atoms with E-state index in [1.165, 1.54) is 0 Å². The van der Waals surface area contributed by atoms with Crippen LogP contribution in [-0.2, 0) is 4.79 Å². The van der Waals surface area contributed by atoms with Gasteiger partial charge in [0, 0.05) is 4.47 Å². The van der Waals surface area contributed by atoms with Crippen LogP contribution in [0.4, 0.5) is 0 Å². The van der Waals surface area contributed by atoms with Gasteiger partial charge in [0.05, 0.1) is 17.6 Å². The molecule has 3 aromatic rings. The minimum atomic E-state index is -0.554. The fourth-order valence-corrected chi connectivity index (χ4v) is 3.44. The number of hydrogen-bond acceptors (Lipinski definition) is 3. The van der Waals surface area contributed by atoms with Gasteiger partial charge in [-0.05, 0) is 43.2 Å². The number of halogens is 1. The Morgan fingerprint density at radius 2 is 1.40 bits per heavy atom. The van der Waals surface area contributed by atoms with Crippen molar-refractivity contribution < 1.29 is 14.3 Å². The van der Waals surface area contributed by atoms with Crippen LogP contribution in [0.3, 0.4) is 0 Å². The normalized spacial score (nSPS) is 10.7. The van der Waals surface area contributed by atoms with Crippen LogP contribution in [0, 0.1) is 0 Å². The first-order valence-electron chi connectivity index (χ1n) is 9.62. The summed E-state index contributed by atoms with van der Waals surface area (Å²) in [6, 6.07) is 24.1. The Kier molecular flexibility index (Phi) is 7.25. The highest BCUT2D eigenvalue weighted by Gasteiger charge is 2.23. The minimum Gasteiger partial charge on any atom is -0.490 e. The first-order chi connectivity index (χ1) is 14.5. The Bertz CT molecular complexity index is 968. The second kappa shape index (κ2) is 10.1. The summed E-state index contributed by atoms with van der Waals surface area (Å²) in [5, 5.41) is 0. The number of amides is 2. The lowest BCUT2D eigenvalue weighted by molar-refractivity contribution is -0.122. The van der Waals surface area contributed by atoms with Crippen LogP contribution in [0.15, 0.2) is 83.3 Å². The van der Waals surface area contributed by atoms with Gasteiger partial charge in [-0.2, -0.15) is 0 Å². The zero-order chi connectivity index (χ0) is 21.5. The summed E-state index contributed by atoms with van der Waals surface area (Å²) >= 11 is 3.37. The summed E-state index contributed by atoms with van der Waals surface area (Å²) in [5.74, 6) is -0.897. The van der Waals surface area contributed by atoms with Crippen molar-refractivity contribution in [1.29, 1.82) is 0 Å². The van der Waals surface area contributed by atoms with E-state index in [0.717, 1.165) is 15.6 Å². The van der Waals surface area contributed by atoms with Crippen LogP contribution in [-0.4, -0.2) is 17.9 Å². The van der Waals surface area contributed by atoms with Crippen LogP contribution in [0.1, 0.15) is 41.3 Å². The van der Waals surface area contributed by atoms with E-state index < -0.39 is 11.8 Å². The minimum absolute atomic E-state index is 0.0899. The summed E-state index contributed by atoms with van der Waals surface area (Å²) in [5.41, 5.74) is 7.09. The lowest BCUT2D eigenvalue weighted by Gasteiger charge is -2.19. The molecule has 0 aliphatic rings. The van der Waals surface area contributed by atoms with Gasteiger partial charge in [0.15, 0.2) is 0 Å². The molecule has 0 saturated heterocycles. The van der Waals surface area contributed by atoms with Crippen molar-refractivity contribution >= 4 is 27.7 Å². The Labute approximate surface area is 184 Å². The number of hydrogen-bond donors (Lipinski definition) is 2. The first kappa shape index (κ1) is 21.6. The van der Waals surface area contributed by atoms with Crippen LogP contribution >= 0.6 is 15.9 Å². The molecule has 0 fully saturated rings. The molecule has 30 heavy (non-hydrogen) atoms. The highest BCUT2D eigenvalue weighted by Crippen LogP contribution is 2.26. The summed E-state index contributed by atoms with van der Waals surface area (Å²) in [4.78, 5) is 25.8. The molecule has 0 aliphatic heterocycles. The largest absolute Gasteiger partial charge is 0.490 e. The molecular weight excluding hydrogens is 444 g/mol. The maximum atomic E-state index is 13.0. The standard InChI is InChI=1S/C24H23BrN2O3/c1-16(2)30-21-14-13-19(25)15-20(21)23(28)26-27-24(29)22(17-9-5-3-6-10-17)18-11-7-4-8-12-18/h3-16,22H,1-2H3,(H,26,28)(H,27,29). The van der Waals surface area contributed by atoms with Gasteiger partial charge in [-0.3, -0.25) is 20.4 Å². The summed E-state index contributed by atoms with van der Waals surface area (Å²) in [7, 11) is 0. The van der Waals surface area contributed by atoms with Gasteiger partial charge >= 0.3 is 0 Å². The predicted octanol–water partition coefficient (Wildman–Crippen LogP) is 4.83. The van der Waals surface area contributed by atoms with Crippen molar-refractivity contribution in [1.82, 2.24) is 10.9 Å². The van der Waals surface area contributed by atoms with E-state index >= 15 is 0 Å². The number of carbonyl (C=O) groups is 2. The Morgan fingerprint density at radius 1 is 0.833 bits per heavy atom. The third kappa shape index (κ3) is 5.48. The number of carbonyl (C=O) groups excluding carboxylic acids is 2. The molecule has 154 valence electrons. The van der Waals surface area contributed by atoms with Crippen LogP contribution in [0.25, 0.3) is 0 Å². The zero-order valence-electron chi connectivity index (χ0n) is 16.8. The average Bonchev–Trinajstić information content (AvgIpc) is 2.74. The molecule has 3 aromatic carbocycles. The van der Waals surface area contributed by atoms with Crippen molar-refractivity contribution in [3.8, 4) is 5.75 Å². The molecule has 0 bridgehead atoms. The van der Waals surface area contributed by atoms with Gasteiger partial charge in [-0.15, -0.1) is 0 Å². The smallest absolute Gasteiger partial charge is 0.273 e. The van der Waals surface area contributed by atoms with Crippen LogP contribution in [0.5, 0.6) is 5.75 Å². The lowest BCUT2D eigenvalue weighted by atomic mass is 9.91. The first-order valence-corrected chi connectivity index (χ1v) is 10.4. The van der Waals surface area contributed by atoms with Crippen molar-refractivity contribution in [2.24, 2.45) is 0 Å². The summed E-state index contributed by atoms with van der Waals surface area (Å²) in [6.07, 6.45) is -0.0899. The number of benzene rings is 3. The van der Waals surface area contributed by atoms with Crippen molar-refractivity contribution in [2.45, 2.75) is 25.9 Å².